The number of ether oxygens (including phenoxy) is 2. The number of nitrogens with one attached hydrogen (secondary N) is 1. The van der Waals surface area contributed by atoms with Crippen LogP contribution in [0.2, 0.25) is 0 Å². The molecule has 0 aliphatic rings. The monoisotopic (exact) mass is 280 g/mol. The van der Waals surface area contributed by atoms with Gasteiger partial charge >= 0.3 is 12.3 Å². The predicted octanol–water partition coefficient (Wildman–Crippen LogP) is 0.909. The minimum absolute atomic E-state index is 0.0482. The molecule has 19 heavy (non-hydrogen) atoms. The van der Waals surface area contributed by atoms with Crippen LogP contribution in [0.1, 0.15) is 22.8 Å². The molecular formula is C10H11F3N2O4. The van der Waals surface area contributed by atoms with Crippen LogP contribution < -0.4 is 16.0 Å². The van der Waals surface area contributed by atoms with Crippen LogP contribution in [-0.4, -0.2) is 23.9 Å². The molecule has 1 rings (SSSR count). The van der Waals surface area contributed by atoms with Crippen molar-refractivity contribution in [1.82, 2.24) is 4.98 Å². The summed E-state index contributed by atoms with van der Waals surface area (Å²) < 4.78 is 44.8. The normalized spacial score (nSPS) is 11.2. The number of hydrogen-bond donors (Lipinski definition) is 2. The fraction of sp³-hybridized carbons (Fsp3) is 0.400. The second-order valence-corrected chi connectivity index (χ2v) is 3.34. The number of halogens is 3. The summed E-state index contributed by atoms with van der Waals surface area (Å²) in [6.07, 6.45) is -5.06. The number of hydrogen-bond acceptors (Lipinski definition) is 5. The fourth-order valence-corrected chi connectivity index (χ4v) is 1.37. The molecule has 0 saturated heterocycles. The summed E-state index contributed by atoms with van der Waals surface area (Å²) in [4.78, 5) is 24.6. The Kier molecular flexibility index (Phi) is 4.54. The van der Waals surface area contributed by atoms with Gasteiger partial charge in [0, 0.05) is 12.6 Å². The van der Waals surface area contributed by atoms with Gasteiger partial charge in [-0.3, -0.25) is 9.78 Å². The van der Waals surface area contributed by atoms with Crippen molar-refractivity contribution < 1.29 is 27.4 Å². The average Bonchev–Trinajstić information content (AvgIpc) is 2.25. The molecule has 0 aliphatic heterocycles. The van der Waals surface area contributed by atoms with Crippen molar-refractivity contribution in [2.45, 2.75) is 19.8 Å². The van der Waals surface area contributed by atoms with Crippen molar-refractivity contribution in [1.29, 1.82) is 0 Å². The molecule has 0 aromatic carbocycles. The molecule has 0 amide bonds. The summed E-state index contributed by atoms with van der Waals surface area (Å²) in [6, 6.07) is 0.912. The third-order valence-corrected chi connectivity index (χ3v) is 2.01. The number of esters is 1. The van der Waals surface area contributed by atoms with Crippen molar-refractivity contribution in [2.24, 2.45) is 5.73 Å². The molecule has 0 bridgehead atoms. The van der Waals surface area contributed by atoms with E-state index in [2.05, 4.69) is 9.47 Å². The zero-order valence-electron chi connectivity index (χ0n) is 9.84. The van der Waals surface area contributed by atoms with Crippen LogP contribution in [0.3, 0.4) is 0 Å². The maximum absolute atomic E-state index is 12.2. The van der Waals surface area contributed by atoms with Crippen LogP contribution in [-0.2, 0) is 11.3 Å². The van der Waals surface area contributed by atoms with E-state index in [9.17, 15) is 22.8 Å². The molecule has 106 valence electrons. The Bertz CT molecular complexity index is 524. The van der Waals surface area contributed by atoms with Crippen molar-refractivity contribution >= 4 is 5.97 Å². The minimum atomic E-state index is -5.06. The first-order valence-corrected chi connectivity index (χ1v) is 5.17. The molecule has 0 spiro atoms. The summed E-state index contributed by atoms with van der Waals surface area (Å²) in [5, 5.41) is 0. The van der Waals surface area contributed by atoms with Gasteiger partial charge < -0.3 is 15.2 Å². The SMILES string of the molecule is CCOC(=O)c1c(CN)cc(=O)[nH]c1OC(F)(F)F. The van der Waals surface area contributed by atoms with Crippen LogP contribution in [0.15, 0.2) is 10.9 Å². The van der Waals surface area contributed by atoms with Crippen LogP contribution >= 0.6 is 0 Å². The minimum Gasteiger partial charge on any atom is -0.462 e. The predicted molar refractivity (Wildman–Crippen MR) is 57.6 cm³/mol. The van der Waals surface area contributed by atoms with Gasteiger partial charge in [-0.25, -0.2) is 4.79 Å². The molecule has 0 saturated carbocycles. The molecule has 0 unspecified atom stereocenters. The van der Waals surface area contributed by atoms with Crippen molar-refractivity contribution in [2.75, 3.05) is 6.61 Å². The second kappa shape index (κ2) is 5.74. The smallest absolute Gasteiger partial charge is 0.462 e. The van der Waals surface area contributed by atoms with Gasteiger partial charge in [0.25, 0.3) is 5.56 Å². The van der Waals surface area contributed by atoms with Crippen molar-refractivity contribution in [3.05, 3.63) is 27.5 Å². The number of aromatic amines is 1. The van der Waals surface area contributed by atoms with E-state index in [0.717, 1.165) is 6.07 Å². The molecule has 6 nitrogen and oxygen atoms in total. The summed E-state index contributed by atoms with van der Waals surface area (Å²) in [5.41, 5.74) is 3.78. The third-order valence-electron chi connectivity index (χ3n) is 2.01. The number of alkyl halides is 3. The van der Waals surface area contributed by atoms with Gasteiger partial charge in [0.05, 0.1) is 6.61 Å². The molecule has 0 fully saturated rings. The molecule has 0 aliphatic carbocycles. The van der Waals surface area contributed by atoms with Crippen LogP contribution in [0.5, 0.6) is 5.88 Å². The first kappa shape index (κ1) is 15.0. The lowest BCUT2D eigenvalue weighted by Crippen LogP contribution is -2.25. The number of nitrogens with two attached hydrogens (primary N) is 1. The van der Waals surface area contributed by atoms with Gasteiger partial charge in [-0.05, 0) is 12.5 Å². The topological polar surface area (TPSA) is 94.4 Å². The van der Waals surface area contributed by atoms with Gasteiger partial charge in [0.1, 0.15) is 5.56 Å². The number of carbonyl (C=O) groups is 1. The Morgan fingerprint density at radius 3 is 2.58 bits per heavy atom. The van der Waals surface area contributed by atoms with E-state index in [1.54, 1.807) is 4.98 Å². The zero-order chi connectivity index (χ0) is 14.6. The molecular weight excluding hydrogens is 269 g/mol. The van der Waals surface area contributed by atoms with E-state index < -0.39 is 29.3 Å². The Morgan fingerprint density at radius 2 is 2.11 bits per heavy atom. The summed E-state index contributed by atoms with van der Waals surface area (Å²) in [5.74, 6) is -2.09. The second-order valence-electron chi connectivity index (χ2n) is 3.34. The lowest BCUT2D eigenvalue weighted by molar-refractivity contribution is -0.276. The van der Waals surface area contributed by atoms with E-state index in [0.29, 0.717) is 0 Å². The Hall–Kier alpha value is -2.03. The summed E-state index contributed by atoms with van der Waals surface area (Å²) >= 11 is 0. The molecule has 0 atom stereocenters. The third kappa shape index (κ3) is 3.98. The van der Waals surface area contributed by atoms with Crippen LogP contribution in [0.4, 0.5) is 13.2 Å². The Labute approximate surface area is 105 Å². The largest absolute Gasteiger partial charge is 0.574 e. The van der Waals surface area contributed by atoms with Gasteiger partial charge in [0.2, 0.25) is 5.88 Å². The zero-order valence-corrected chi connectivity index (χ0v) is 9.84. The maximum atomic E-state index is 12.2. The van der Waals surface area contributed by atoms with Gasteiger partial charge in [-0.15, -0.1) is 13.2 Å². The van der Waals surface area contributed by atoms with Gasteiger partial charge in [-0.1, -0.05) is 0 Å². The first-order chi connectivity index (χ1) is 8.78. The lowest BCUT2D eigenvalue weighted by atomic mass is 10.1. The quantitative estimate of drug-likeness (QED) is 0.799. The first-order valence-electron chi connectivity index (χ1n) is 5.17. The van der Waals surface area contributed by atoms with E-state index in [1.165, 1.54) is 6.92 Å². The highest BCUT2D eigenvalue weighted by atomic mass is 19.4. The summed E-state index contributed by atoms with van der Waals surface area (Å²) in [6.45, 7) is 1.12. The van der Waals surface area contributed by atoms with Gasteiger partial charge in [-0.2, -0.15) is 0 Å². The number of pyridine rings is 1. The van der Waals surface area contributed by atoms with E-state index >= 15 is 0 Å². The molecule has 3 N–H and O–H groups in total. The summed E-state index contributed by atoms with van der Waals surface area (Å²) in [7, 11) is 0. The molecule has 1 aromatic heterocycles. The Balaban J connectivity index is 3.37. The number of H-pyrrole nitrogens is 1. The van der Waals surface area contributed by atoms with E-state index in [1.807, 2.05) is 0 Å². The Morgan fingerprint density at radius 1 is 1.47 bits per heavy atom. The highest BCUT2D eigenvalue weighted by Crippen LogP contribution is 2.26. The highest BCUT2D eigenvalue weighted by Gasteiger charge is 2.34. The van der Waals surface area contributed by atoms with E-state index in [4.69, 9.17) is 5.73 Å². The standard InChI is InChI=1S/C10H11F3N2O4/c1-2-18-9(17)7-5(4-14)3-6(16)15-8(7)19-10(11,12)13/h3H,2,4,14H2,1H3,(H,15,16). The average molecular weight is 280 g/mol. The van der Waals surface area contributed by atoms with E-state index in [-0.39, 0.29) is 18.7 Å². The fourth-order valence-electron chi connectivity index (χ4n) is 1.37. The van der Waals surface area contributed by atoms with Crippen molar-refractivity contribution in [3.8, 4) is 5.88 Å². The van der Waals surface area contributed by atoms with Crippen LogP contribution in [0, 0.1) is 0 Å². The molecule has 9 heteroatoms. The lowest BCUT2D eigenvalue weighted by Gasteiger charge is -2.14. The number of aromatic nitrogens is 1. The molecule has 1 aromatic rings. The van der Waals surface area contributed by atoms with Crippen molar-refractivity contribution in [3.63, 3.8) is 0 Å². The molecule has 1 heterocycles. The number of carbonyl (C=O) groups excluding carboxylic acids is 1. The van der Waals surface area contributed by atoms with Crippen LogP contribution in [0.25, 0.3) is 0 Å². The molecule has 0 radical (unpaired) electrons. The maximum Gasteiger partial charge on any atom is 0.574 e. The highest BCUT2D eigenvalue weighted by molar-refractivity contribution is 5.93. The van der Waals surface area contributed by atoms with Gasteiger partial charge in [0.15, 0.2) is 0 Å². The number of rotatable bonds is 4.